The van der Waals surface area contributed by atoms with E-state index in [4.69, 9.17) is 5.73 Å². The van der Waals surface area contributed by atoms with Crippen LogP contribution in [0.15, 0.2) is 0 Å². The molecule has 0 aliphatic heterocycles. The Balaban J connectivity index is 0. The maximum Gasteiger partial charge on any atom is 0.226 e. The maximum absolute atomic E-state index is 12.0. The molecule has 3 atom stereocenters. The zero-order valence-electron chi connectivity index (χ0n) is 11.6. The highest BCUT2D eigenvalue weighted by Gasteiger charge is 2.23. The molecule has 1 amide bonds. The van der Waals surface area contributed by atoms with Crippen molar-refractivity contribution in [2.75, 3.05) is 18.6 Å². The number of hydrogen-bond acceptors (Lipinski definition) is 3. The van der Waals surface area contributed by atoms with Crippen molar-refractivity contribution < 1.29 is 4.79 Å². The van der Waals surface area contributed by atoms with Gasteiger partial charge in [0.1, 0.15) is 0 Å². The van der Waals surface area contributed by atoms with Gasteiger partial charge in [0.25, 0.3) is 0 Å². The van der Waals surface area contributed by atoms with Gasteiger partial charge in [0.15, 0.2) is 0 Å². The third-order valence-electron chi connectivity index (χ3n) is 3.07. The summed E-state index contributed by atoms with van der Waals surface area (Å²) in [5.41, 5.74) is 5.74. The molecule has 0 aromatic carbocycles. The summed E-state index contributed by atoms with van der Waals surface area (Å²) in [7, 11) is 1.88. The van der Waals surface area contributed by atoms with Crippen LogP contribution in [-0.2, 0) is 4.79 Å². The monoisotopic (exact) mass is 282 g/mol. The molecule has 0 rings (SSSR count). The fourth-order valence-electron chi connectivity index (χ4n) is 1.36. The Morgan fingerprint density at radius 2 is 1.88 bits per heavy atom. The van der Waals surface area contributed by atoms with Crippen LogP contribution >= 0.6 is 24.2 Å². The summed E-state index contributed by atoms with van der Waals surface area (Å²) in [5, 5.41) is 0. The molecule has 0 saturated heterocycles. The van der Waals surface area contributed by atoms with Gasteiger partial charge in [-0.05, 0) is 31.8 Å². The molecule has 17 heavy (non-hydrogen) atoms. The zero-order valence-corrected chi connectivity index (χ0v) is 13.2. The fraction of sp³-hybridized carbons (Fsp3) is 0.917. The first kappa shape index (κ1) is 19.4. The van der Waals surface area contributed by atoms with Crippen molar-refractivity contribution >= 4 is 30.1 Å². The standard InChI is InChI=1S/C12H26N2OS.ClH/c1-6-16-8-7-9(2)14(5)12(15)10(3)11(4)13;/h9-11H,6-8,13H2,1-5H3;1H. The number of nitrogens with zero attached hydrogens (tertiary/aromatic N) is 1. The van der Waals surface area contributed by atoms with Crippen LogP contribution in [0.2, 0.25) is 0 Å². The number of carbonyl (C=O) groups is 1. The number of carbonyl (C=O) groups excluding carboxylic acids is 1. The number of halogens is 1. The largest absolute Gasteiger partial charge is 0.343 e. The van der Waals surface area contributed by atoms with E-state index < -0.39 is 0 Å². The van der Waals surface area contributed by atoms with Crippen molar-refractivity contribution in [2.45, 2.75) is 46.2 Å². The third-order valence-corrected chi connectivity index (χ3v) is 4.00. The van der Waals surface area contributed by atoms with E-state index in [2.05, 4.69) is 13.8 Å². The Bertz CT molecular complexity index is 215. The van der Waals surface area contributed by atoms with Crippen LogP contribution in [0.3, 0.4) is 0 Å². The average molecular weight is 283 g/mol. The number of hydrogen-bond donors (Lipinski definition) is 1. The highest BCUT2D eigenvalue weighted by atomic mass is 35.5. The maximum atomic E-state index is 12.0. The summed E-state index contributed by atoms with van der Waals surface area (Å²) in [4.78, 5) is 13.8. The minimum atomic E-state index is -0.0914. The minimum Gasteiger partial charge on any atom is -0.343 e. The molecule has 0 fully saturated rings. The van der Waals surface area contributed by atoms with E-state index >= 15 is 0 Å². The summed E-state index contributed by atoms with van der Waals surface area (Å²) in [6.07, 6.45) is 1.05. The molecule has 3 nitrogen and oxygen atoms in total. The van der Waals surface area contributed by atoms with Crippen LogP contribution in [0.4, 0.5) is 0 Å². The number of rotatable bonds is 7. The lowest BCUT2D eigenvalue weighted by Crippen LogP contribution is -2.43. The van der Waals surface area contributed by atoms with Gasteiger partial charge in [0.05, 0.1) is 5.92 Å². The van der Waals surface area contributed by atoms with Crippen molar-refractivity contribution in [1.82, 2.24) is 4.90 Å². The van der Waals surface area contributed by atoms with E-state index in [9.17, 15) is 4.79 Å². The SMILES string of the molecule is CCSCCC(C)N(C)C(=O)C(C)C(C)N.Cl. The van der Waals surface area contributed by atoms with Gasteiger partial charge in [-0.2, -0.15) is 11.8 Å². The lowest BCUT2D eigenvalue weighted by molar-refractivity contribution is -0.136. The molecule has 0 radical (unpaired) electrons. The molecule has 0 spiro atoms. The molecular formula is C12H27ClN2OS. The molecule has 0 aliphatic carbocycles. The van der Waals surface area contributed by atoms with E-state index in [1.54, 1.807) is 0 Å². The van der Waals surface area contributed by atoms with Crippen molar-refractivity contribution in [2.24, 2.45) is 11.7 Å². The van der Waals surface area contributed by atoms with Crippen LogP contribution in [0.5, 0.6) is 0 Å². The van der Waals surface area contributed by atoms with E-state index in [1.165, 1.54) is 0 Å². The first-order valence-corrected chi connectivity index (χ1v) is 7.17. The molecular weight excluding hydrogens is 256 g/mol. The molecule has 104 valence electrons. The third kappa shape index (κ3) is 7.17. The summed E-state index contributed by atoms with van der Waals surface area (Å²) >= 11 is 1.92. The Morgan fingerprint density at radius 3 is 2.29 bits per heavy atom. The van der Waals surface area contributed by atoms with Gasteiger partial charge in [0.2, 0.25) is 5.91 Å². The van der Waals surface area contributed by atoms with Crippen molar-refractivity contribution in [3.63, 3.8) is 0 Å². The first-order chi connectivity index (χ1) is 7.41. The van der Waals surface area contributed by atoms with Crippen LogP contribution in [0.25, 0.3) is 0 Å². The van der Waals surface area contributed by atoms with Crippen LogP contribution < -0.4 is 5.73 Å². The Morgan fingerprint density at radius 1 is 1.35 bits per heavy atom. The summed E-state index contributed by atoms with van der Waals surface area (Å²) in [5.74, 6) is 2.32. The topological polar surface area (TPSA) is 46.3 Å². The number of nitrogens with two attached hydrogens (primary N) is 1. The Labute approximate surface area is 116 Å². The average Bonchev–Trinajstić information content (AvgIpc) is 2.26. The molecule has 0 heterocycles. The van der Waals surface area contributed by atoms with E-state index in [0.29, 0.717) is 6.04 Å². The Hall–Kier alpha value is 0.0700. The van der Waals surface area contributed by atoms with Crippen molar-refractivity contribution in [1.29, 1.82) is 0 Å². The number of amides is 1. The first-order valence-electron chi connectivity index (χ1n) is 6.01. The summed E-state index contributed by atoms with van der Waals surface area (Å²) in [6, 6.07) is 0.222. The van der Waals surface area contributed by atoms with Gasteiger partial charge in [-0.3, -0.25) is 4.79 Å². The molecule has 0 bridgehead atoms. The minimum absolute atomic E-state index is 0. The van der Waals surface area contributed by atoms with Crippen LogP contribution in [0.1, 0.15) is 34.1 Å². The second-order valence-corrected chi connectivity index (χ2v) is 5.83. The molecule has 0 aliphatic rings. The van der Waals surface area contributed by atoms with E-state index in [0.717, 1.165) is 17.9 Å². The van der Waals surface area contributed by atoms with Crippen LogP contribution in [-0.4, -0.2) is 41.4 Å². The highest BCUT2D eigenvalue weighted by molar-refractivity contribution is 7.99. The van der Waals surface area contributed by atoms with E-state index in [-0.39, 0.29) is 30.3 Å². The summed E-state index contributed by atoms with van der Waals surface area (Å²) < 4.78 is 0. The van der Waals surface area contributed by atoms with Gasteiger partial charge in [-0.1, -0.05) is 13.8 Å². The quantitative estimate of drug-likeness (QED) is 0.730. The van der Waals surface area contributed by atoms with Gasteiger partial charge in [0, 0.05) is 19.1 Å². The predicted octanol–water partition coefficient (Wildman–Crippen LogP) is 2.38. The molecule has 0 saturated carbocycles. The van der Waals surface area contributed by atoms with E-state index in [1.807, 2.05) is 37.6 Å². The molecule has 2 N–H and O–H groups in total. The lowest BCUT2D eigenvalue weighted by atomic mass is 10.0. The molecule has 0 aromatic heterocycles. The predicted molar refractivity (Wildman–Crippen MR) is 79.9 cm³/mol. The highest BCUT2D eigenvalue weighted by Crippen LogP contribution is 2.12. The Kier molecular flexibility index (Phi) is 11.5. The van der Waals surface area contributed by atoms with Gasteiger partial charge < -0.3 is 10.6 Å². The van der Waals surface area contributed by atoms with Crippen molar-refractivity contribution in [3.8, 4) is 0 Å². The van der Waals surface area contributed by atoms with Gasteiger partial charge >= 0.3 is 0 Å². The second-order valence-electron chi connectivity index (χ2n) is 4.43. The van der Waals surface area contributed by atoms with Gasteiger partial charge in [-0.15, -0.1) is 12.4 Å². The smallest absolute Gasteiger partial charge is 0.226 e. The van der Waals surface area contributed by atoms with Gasteiger partial charge in [-0.25, -0.2) is 0 Å². The number of thioether (sulfide) groups is 1. The molecule has 0 aromatic rings. The normalized spacial score (nSPS) is 15.6. The lowest BCUT2D eigenvalue weighted by Gasteiger charge is -2.29. The van der Waals surface area contributed by atoms with Crippen molar-refractivity contribution in [3.05, 3.63) is 0 Å². The summed E-state index contributed by atoms with van der Waals surface area (Å²) in [6.45, 7) is 8.04. The fourth-order valence-corrected chi connectivity index (χ4v) is 2.15. The molecule has 3 unspecified atom stereocenters. The zero-order chi connectivity index (χ0) is 12.7. The molecule has 5 heteroatoms. The van der Waals surface area contributed by atoms with Crippen LogP contribution in [0, 0.1) is 5.92 Å². The second kappa shape index (κ2) is 10.0.